The smallest absolute Gasteiger partial charge is 0.308 e. The summed E-state index contributed by atoms with van der Waals surface area (Å²) < 4.78 is 11.7. The molecule has 0 heterocycles. The van der Waals surface area contributed by atoms with Crippen molar-refractivity contribution in [3.8, 4) is 0 Å². The summed E-state index contributed by atoms with van der Waals surface area (Å²) >= 11 is 0. The Kier molecular flexibility index (Phi) is 14.2. The predicted molar refractivity (Wildman–Crippen MR) is 140 cm³/mol. The summed E-state index contributed by atoms with van der Waals surface area (Å²) in [6, 6.07) is 0. The fraction of sp³-hybridized carbons (Fsp3) is 0.929. The minimum Gasteiger partial charge on any atom is -0.462 e. The molecule has 10 atom stereocenters. The molecule has 0 saturated heterocycles. The zero-order valence-corrected chi connectivity index (χ0v) is 23.8. The zero-order chi connectivity index (χ0) is 28.5. The van der Waals surface area contributed by atoms with E-state index in [-0.39, 0.29) is 49.9 Å². The molecule has 0 aliphatic heterocycles. The largest absolute Gasteiger partial charge is 0.462 e. The molecule has 0 amide bonds. The summed E-state index contributed by atoms with van der Waals surface area (Å²) in [7, 11) is 0. The van der Waals surface area contributed by atoms with Crippen molar-refractivity contribution in [2.24, 2.45) is 23.2 Å². The minimum absolute atomic E-state index is 0.0105. The molecule has 1 aliphatic carbocycles. The molecule has 0 aromatic rings. The number of ether oxygens (including phenoxy) is 2. The van der Waals surface area contributed by atoms with Gasteiger partial charge in [-0.3, -0.25) is 9.59 Å². The van der Waals surface area contributed by atoms with Crippen LogP contribution in [0.25, 0.3) is 0 Å². The zero-order valence-electron chi connectivity index (χ0n) is 23.8. The molecule has 218 valence electrons. The van der Waals surface area contributed by atoms with E-state index in [1.165, 1.54) is 0 Å². The third-order valence-electron chi connectivity index (χ3n) is 7.84. The Bertz CT molecular complexity index is 692. The topological polar surface area (TPSA) is 154 Å². The van der Waals surface area contributed by atoms with E-state index in [4.69, 9.17) is 9.47 Å². The number of ketones is 1. The van der Waals surface area contributed by atoms with Crippen LogP contribution in [0.3, 0.4) is 0 Å². The average Bonchev–Trinajstić information content (AvgIpc) is 3.09. The number of Topliss-reactive ketones (excluding diaryl/α,β-unsaturated/α-hetero) is 1. The Labute approximate surface area is 222 Å². The Morgan fingerprint density at radius 3 is 1.89 bits per heavy atom. The SMILES string of the molecule is CC[C@@H](C)[C@H](CC(O)CC(=O)C(C)(C)C)OC(=O)C[C@@H](O)C[C@H](OC1C[C@@H](CO)[C@H](O)[C@H]1O)[C@H](C)CC. The van der Waals surface area contributed by atoms with Crippen LogP contribution in [0, 0.1) is 23.2 Å². The molecule has 1 aliphatic rings. The lowest BCUT2D eigenvalue weighted by Gasteiger charge is -2.30. The lowest BCUT2D eigenvalue weighted by atomic mass is 9.86. The van der Waals surface area contributed by atoms with E-state index in [0.29, 0.717) is 6.42 Å². The van der Waals surface area contributed by atoms with Gasteiger partial charge in [0.25, 0.3) is 0 Å². The lowest BCUT2D eigenvalue weighted by molar-refractivity contribution is -0.157. The van der Waals surface area contributed by atoms with Gasteiger partial charge in [0.15, 0.2) is 0 Å². The van der Waals surface area contributed by atoms with Crippen molar-refractivity contribution < 1.29 is 44.6 Å². The summed E-state index contributed by atoms with van der Waals surface area (Å²) in [4.78, 5) is 25.0. The maximum Gasteiger partial charge on any atom is 0.308 e. The minimum atomic E-state index is -1.13. The van der Waals surface area contributed by atoms with Crippen LogP contribution in [0.2, 0.25) is 0 Å². The van der Waals surface area contributed by atoms with E-state index < -0.39 is 60.0 Å². The molecular formula is C28H52O9. The van der Waals surface area contributed by atoms with Crippen LogP contribution in [0.4, 0.5) is 0 Å². The molecule has 0 bridgehead atoms. The van der Waals surface area contributed by atoms with Crippen LogP contribution >= 0.6 is 0 Å². The molecular weight excluding hydrogens is 480 g/mol. The van der Waals surface area contributed by atoms with Crippen LogP contribution in [0.15, 0.2) is 0 Å². The normalized spacial score (nSPS) is 27.2. The first-order valence-corrected chi connectivity index (χ1v) is 13.9. The number of carbonyl (C=O) groups is 2. The molecule has 1 fully saturated rings. The van der Waals surface area contributed by atoms with Crippen LogP contribution in [0.5, 0.6) is 0 Å². The van der Waals surface area contributed by atoms with Gasteiger partial charge in [-0.1, -0.05) is 61.3 Å². The number of aliphatic hydroxyl groups excluding tert-OH is 5. The van der Waals surface area contributed by atoms with E-state index in [0.717, 1.165) is 12.8 Å². The van der Waals surface area contributed by atoms with Gasteiger partial charge in [0.1, 0.15) is 18.0 Å². The van der Waals surface area contributed by atoms with Crippen molar-refractivity contribution in [3.05, 3.63) is 0 Å². The molecule has 2 unspecified atom stereocenters. The lowest BCUT2D eigenvalue weighted by Crippen LogP contribution is -2.38. The summed E-state index contributed by atoms with van der Waals surface area (Å²) in [5.41, 5.74) is -0.562. The van der Waals surface area contributed by atoms with Gasteiger partial charge in [0, 0.05) is 37.2 Å². The maximum absolute atomic E-state index is 12.7. The number of hydrogen-bond acceptors (Lipinski definition) is 9. The number of rotatable bonds is 16. The summed E-state index contributed by atoms with van der Waals surface area (Å²) in [5.74, 6) is -1.14. The van der Waals surface area contributed by atoms with E-state index in [2.05, 4.69) is 0 Å². The van der Waals surface area contributed by atoms with Crippen LogP contribution in [0.1, 0.15) is 93.4 Å². The van der Waals surface area contributed by atoms with E-state index in [1.807, 2.05) is 27.7 Å². The van der Waals surface area contributed by atoms with Gasteiger partial charge in [0.2, 0.25) is 0 Å². The fourth-order valence-electron chi connectivity index (χ4n) is 4.60. The van der Waals surface area contributed by atoms with Crippen LogP contribution in [-0.4, -0.2) is 86.6 Å². The molecule has 37 heavy (non-hydrogen) atoms. The molecule has 0 aromatic heterocycles. The second-order valence-corrected chi connectivity index (χ2v) is 12.0. The molecule has 9 heteroatoms. The Morgan fingerprint density at radius 1 is 0.892 bits per heavy atom. The molecule has 9 nitrogen and oxygen atoms in total. The Balaban J connectivity index is 2.74. The predicted octanol–water partition coefficient (Wildman–Crippen LogP) is 2.38. The number of aliphatic hydroxyl groups is 5. The summed E-state index contributed by atoms with van der Waals surface area (Å²) in [6.45, 7) is 12.9. The van der Waals surface area contributed by atoms with E-state index in [1.54, 1.807) is 20.8 Å². The van der Waals surface area contributed by atoms with Crippen molar-refractivity contribution in [1.29, 1.82) is 0 Å². The standard InChI is InChI=1S/C28H52O9/c1-8-16(3)21(36-23-10-18(15-29)26(34)27(23)35)12-20(31)14-25(33)37-22(17(4)9-2)11-19(30)13-24(32)28(5,6)7/h16-23,26-27,29-31,34-35H,8-15H2,1-7H3/t16-,17-,18+,19?,20+,21+,22+,23?,26+,27+/m1/s1. The average molecular weight is 533 g/mol. The highest BCUT2D eigenvalue weighted by atomic mass is 16.5. The van der Waals surface area contributed by atoms with Crippen molar-refractivity contribution >= 4 is 11.8 Å². The van der Waals surface area contributed by atoms with Gasteiger partial charge >= 0.3 is 5.97 Å². The number of esters is 1. The van der Waals surface area contributed by atoms with E-state index in [9.17, 15) is 35.1 Å². The van der Waals surface area contributed by atoms with Gasteiger partial charge in [-0.05, 0) is 18.3 Å². The number of hydrogen-bond donors (Lipinski definition) is 5. The second-order valence-electron chi connectivity index (χ2n) is 12.0. The molecule has 0 radical (unpaired) electrons. The highest BCUT2D eigenvalue weighted by Gasteiger charge is 2.43. The van der Waals surface area contributed by atoms with Crippen LogP contribution in [-0.2, 0) is 19.1 Å². The first kappa shape index (κ1) is 33.9. The first-order chi connectivity index (χ1) is 17.1. The highest BCUT2D eigenvalue weighted by molar-refractivity contribution is 5.84. The third kappa shape index (κ3) is 10.9. The molecule has 5 N–H and O–H groups in total. The highest BCUT2D eigenvalue weighted by Crippen LogP contribution is 2.32. The van der Waals surface area contributed by atoms with Gasteiger partial charge in [0.05, 0.1) is 36.9 Å². The number of carbonyl (C=O) groups excluding carboxylic acids is 2. The quantitative estimate of drug-likeness (QED) is 0.189. The second kappa shape index (κ2) is 15.5. The van der Waals surface area contributed by atoms with Gasteiger partial charge in [-0.2, -0.15) is 0 Å². The van der Waals surface area contributed by atoms with Gasteiger partial charge in [-0.15, -0.1) is 0 Å². The van der Waals surface area contributed by atoms with Crippen molar-refractivity contribution in [1.82, 2.24) is 0 Å². The maximum atomic E-state index is 12.7. The molecule has 1 rings (SSSR count). The third-order valence-corrected chi connectivity index (χ3v) is 7.84. The van der Waals surface area contributed by atoms with Gasteiger partial charge in [-0.25, -0.2) is 0 Å². The summed E-state index contributed by atoms with van der Waals surface area (Å²) in [6.07, 6.45) is -4.10. The summed E-state index contributed by atoms with van der Waals surface area (Å²) in [5, 5.41) is 51.0. The molecule has 0 aromatic carbocycles. The van der Waals surface area contributed by atoms with Crippen molar-refractivity contribution in [2.75, 3.05) is 6.61 Å². The Morgan fingerprint density at radius 2 is 1.41 bits per heavy atom. The van der Waals surface area contributed by atoms with Crippen molar-refractivity contribution in [2.45, 2.75) is 136 Å². The van der Waals surface area contributed by atoms with Crippen molar-refractivity contribution in [3.63, 3.8) is 0 Å². The van der Waals surface area contributed by atoms with Gasteiger partial charge < -0.3 is 35.0 Å². The molecule has 0 spiro atoms. The fourth-order valence-corrected chi connectivity index (χ4v) is 4.60. The van der Waals surface area contributed by atoms with Crippen LogP contribution < -0.4 is 0 Å². The monoisotopic (exact) mass is 532 g/mol. The first-order valence-electron chi connectivity index (χ1n) is 13.9. The molecule has 1 saturated carbocycles. The van der Waals surface area contributed by atoms with E-state index >= 15 is 0 Å². The Hall–Kier alpha value is -1.10.